The fourth-order valence-electron chi connectivity index (χ4n) is 3.30. The Kier molecular flexibility index (Phi) is 4.58. The van der Waals surface area contributed by atoms with E-state index in [0.717, 1.165) is 39.3 Å². The van der Waals surface area contributed by atoms with Crippen LogP contribution in [0.15, 0.2) is 54.6 Å². The number of halogens is 1. The van der Waals surface area contributed by atoms with Crippen LogP contribution in [0.1, 0.15) is 35.9 Å². The first-order valence-electron chi connectivity index (χ1n) is 8.84. The van der Waals surface area contributed by atoms with Crippen LogP contribution >= 0.6 is 11.6 Å². The topological polar surface area (TPSA) is 55.0 Å². The zero-order chi connectivity index (χ0) is 19.0. The molecule has 4 rings (SSSR count). The average Bonchev–Trinajstić information content (AvgIpc) is 3.05. The second-order valence-electron chi connectivity index (χ2n) is 6.98. The Morgan fingerprint density at radius 1 is 1.04 bits per heavy atom. The zero-order valence-electron chi connectivity index (χ0n) is 15.1. The van der Waals surface area contributed by atoms with Gasteiger partial charge in [-0.25, -0.2) is 0 Å². The minimum Gasteiger partial charge on any atom is -0.485 e. The van der Waals surface area contributed by atoms with Gasteiger partial charge in [0.05, 0.1) is 5.52 Å². The molecule has 0 spiro atoms. The molecule has 3 aromatic carbocycles. The third-order valence-electron chi connectivity index (χ3n) is 4.70. The number of rotatable bonds is 5. The number of aromatic amines is 1. The molecule has 136 valence electrons. The van der Waals surface area contributed by atoms with Crippen LogP contribution in [0, 0.1) is 5.92 Å². The molecule has 0 aliphatic heterocycles. The summed E-state index contributed by atoms with van der Waals surface area (Å²) in [6, 6.07) is 17.6. The minimum atomic E-state index is -0.118. The van der Waals surface area contributed by atoms with Gasteiger partial charge in [0.2, 0.25) is 0 Å². The van der Waals surface area contributed by atoms with E-state index in [-0.39, 0.29) is 12.0 Å². The van der Waals surface area contributed by atoms with E-state index in [1.807, 2.05) is 54.6 Å². The molecule has 4 aromatic rings. The van der Waals surface area contributed by atoms with Crippen LogP contribution in [0.2, 0.25) is 5.15 Å². The van der Waals surface area contributed by atoms with Gasteiger partial charge in [-0.15, -0.1) is 0 Å². The molecule has 1 aromatic heterocycles. The van der Waals surface area contributed by atoms with E-state index in [2.05, 4.69) is 24.0 Å². The number of H-pyrrole nitrogens is 1. The number of hydrogen-bond acceptors (Lipinski definition) is 3. The quantitative estimate of drug-likeness (QED) is 0.436. The highest BCUT2D eigenvalue weighted by Gasteiger charge is 2.19. The molecular weight excluding hydrogens is 360 g/mol. The van der Waals surface area contributed by atoms with E-state index in [1.54, 1.807) is 0 Å². The molecular formula is C22H19ClN2O2. The van der Waals surface area contributed by atoms with Gasteiger partial charge >= 0.3 is 0 Å². The summed E-state index contributed by atoms with van der Waals surface area (Å²) in [7, 11) is 0. The van der Waals surface area contributed by atoms with Crippen molar-refractivity contribution in [1.29, 1.82) is 0 Å². The van der Waals surface area contributed by atoms with Crippen molar-refractivity contribution in [2.45, 2.75) is 20.0 Å². The SMILES string of the molecule is CC(C)C(Oc1ccc2cc(C=O)ccc2c1)c1ccc2n[nH]c(Cl)c2c1. The highest BCUT2D eigenvalue weighted by atomic mass is 35.5. The van der Waals surface area contributed by atoms with Crippen LogP contribution in [0.5, 0.6) is 5.75 Å². The molecule has 4 nitrogen and oxygen atoms in total. The van der Waals surface area contributed by atoms with Gasteiger partial charge in [0, 0.05) is 10.9 Å². The van der Waals surface area contributed by atoms with Crippen molar-refractivity contribution >= 4 is 39.6 Å². The Balaban J connectivity index is 1.69. The van der Waals surface area contributed by atoms with Crippen molar-refractivity contribution in [2.75, 3.05) is 0 Å². The Bertz CT molecular complexity index is 1130. The summed E-state index contributed by atoms with van der Waals surface area (Å²) < 4.78 is 6.35. The number of nitrogens with one attached hydrogen (secondary N) is 1. The zero-order valence-corrected chi connectivity index (χ0v) is 15.8. The van der Waals surface area contributed by atoms with Gasteiger partial charge in [-0.3, -0.25) is 9.89 Å². The predicted octanol–water partition coefficient (Wildman–Crippen LogP) is 5.96. The van der Waals surface area contributed by atoms with Gasteiger partial charge in [0.25, 0.3) is 0 Å². The molecule has 0 amide bonds. The fraction of sp³-hybridized carbons (Fsp3) is 0.182. The third kappa shape index (κ3) is 3.40. The van der Waals surface area contributed by atoms with Crippen LogP contribution in [-0.4, -0.2) is 16.5 Å². The summed E-state index contributed by atoms with van der Waals surface area (Å²) >= 11 is 6.20. The number of nitrogens with zero attached hydrogens (tertiary/aromatic N) is 1. The van der Waals surface area contributed by atoms with Crippen molar-refractivity contribution in [3.63, 3.8) is 0 Å². The molecule has 1 N–H and O–H groups in total. The summed E-state index contributed by atoms with van der Waals surface area (Å²) in [6.07, 6.45) is 0.738. The first kappa shape index (κ1) is 17.6. The lowest BCUT2D eigenvalue weighted by Gasteiger charge is -2.23. The Labute approximate surface area is 162 Å². The molecule has 0 aliphatic carbocycles. The predicted molar refractivity (Wildman–Crippen MR) is 109 cm³/mol. The van der Waals surface area contributed by atoms with E-state index in [9.17, 15) is 4.79 Å². The lowest BCUT2D eigenvalue weighted by atomic mass is 9.97. The van der Waals surface area contributed by atoms with Crippen LogP contribution in [-0.2, 0) is 0 Å². The summed E-state index contributed by atoms with van der Waals surface area (Å²) in [6.45, 7) is 4.26. The lowest BCUT2D eigenvalue weighted by Crippen LogP contribution is -2.14. The van der Waals surface area contributed by atoms with Crippen LogP contribution < -0.4 is 4.74 Å². The minimum absolute atomic E-state index is 0.118. The molecule has 0 radical (unpaired) electrons. The molecule has 1 unspecified atom stereocenters. The second kappa shape index (κ2) is 7.05. The van der Waals surface area contributed by atoms with E-state index in [1.165, 1.54) is 0 Å². The number of fused-ring (bicyclic) bond motifs is 2. The van der Waals surface area contributed by atoms with Crippen LogP contribution in [0.3, 0.4) is 0 Å². The number of hydrogen-bond donors (Lipinski definition) is 1. The largest absolute Gasteiger partial charge is 0.485 e. The first-order valence-corrected chi connectivity index (χ1v) is 9.22. The number of ether oxygens (including phenoxy) is 1. The van der Waals surface area contributed by atoms with E-state index in [0.29, 0.717) is 10.7 Å². The maximum atomic E-state index is 11.0. The fourth-order valence-corrected chi connectivity index (χ4v) is 3.49. The maximum absolute atomic E-state index is 11.0. The van der Waals surface area contributed by atoms with Crippen molar-refractivity contribution in [3.05, 3.63) is 70.9 Å². The van der Waals surface area contributed by atoms with Crippen molar-refractivity contribution in [3.8, 4) is 5.75 Å². The van der Waals surface area contributed by atoms with Crippen molar-refractivity contribution in [1.82, 2.24) is 10.2 Å². The maximum Gasteiger partial charge on any atom is 0.150 e. The van der Waals surface area contributed by atoms with E-state index in [4.69, 9.17) is 16.3 Å². The molecule has 0 saturated heterocycles. The smallest absolute Gasteiger partial charge is 0.150 e. The number of carbonyl (C=O) groups excluding carboxylic acids is 1. The summed E-state index contributed by atoms with van der Waals surface area (Å²) in [4.78, 5) is 11.0. The van der Waals surface area contributed by atoms with Gasteiger partial charge in [-0.05, 0) is 52.6 Å². The van der Waals surface area contributed by atoms with Gasteiger partial charge in [-0.2, -0.15) is 5.10 Å². The van der Waals surface area contributed by atoms with Gasteiger partial charge in [0.15, 0.2) is 0 Å². The highest BCUT2D eigenvalue weighted by Crippen LogP contribution is 2.33. The van der Waals surface area contributed by atoms with Gasteiger partial charge in [0.1, 0.15) is 23.3 Å². The monoisotopic (exact) mass is 378 g/mol. The molecule has 27 heavy (non-hydrogen) atoms. The van der Waals surface area contributed by atoms with Crippen LogP contribution in [0.25, 0.3) is 21.7 Å². The summed E-state index contributed by atoms with van der Waals surface area (Å²) in [5, 5.41) is 10.4. The van der Waals surface area contributed by atoms with Gasteiger partial charge in [-0.1, -0.05) is 49.7 Å². The molecule has 1 heterocycles. The second-order valence-corrected chi connectivity index (χ2v) is 7.36. The first-order chi connectivity index (χ1) is 13.0. The molecule has 1 atom stereocenters. The number of aldehydes is 1. The lowest BCUT2D eigenvalue weighted by molar-refractivity contribution is 0.112. The van der Waals surface area contributed by atoms with Crippen LogP contribution in [0.4, 0.5) is 0 Å². The van der Waals surface area contributed by atoms with Gasteiger partial charge < -0.3 is 4.74 Å². The van der Waals surface area contributed by atoms with E-state index < -0.39 is 0 Å². The number of aromatic nitrogens is 2. The standard InChI is InChI=1S/C22H19ClN2O2/c1-13(2)21(17-6-8-20-19(11-17)22(23)25-24-20)27-18-7-5-15-9-14(12-26)3-4-16(15)10-18/h3-13,21H,1-2H3,(H,24,25). The molecule has 0 aliphatic rings. The number of carbonyl (C=O) groups is 1. The molecule has 5 heteroatoms. The highest BCUT2D eigenvalue weighted by molar-refractivity contribution is 6.34. The summed E-state index contributed by atoms with van der Waals surface area (Å²) in [5.74, 6) is 1.06. The van der Waals surface area contributed by atoms with Crippen molar-refractivity contribution < 1.29 is 9.53 Å². The Morgan fingerprint density at radius 3 is 2.59 bits per heavy atom. The molecule has 0 saturated carbocycles. The summed E-state index contributed by atoms with van der Waals surface area (Å²) in [5.41, 5.74) is 2.56. The Hall–Kier alpha value is -2.85. The molecule has 0 fully saturated rings. The Morgan fingerprint density at radius 2 is 1.81 bits per heavy atom. The number of benzene rings is 3. The third-order valence-corrected chi connectivity index (χ3v) is 4.99. The molecule has 0 bridgehead atoms. The normalized spacial score (nSPS) is 12.6. The average molecular weight is 379 g/mol. The van der Waals surface area contributed by atoms with E-state index >= 15 is 0 Å². The van der Waals surface area contributed by atoms with Crippen molar-refractivity contribution in [2.24, 2.45) is 5.92 Å².